The number of nitrogens with zero attached hydrogens (tertiary/aromatic N) is 1. The first-order valence-corrected chi connectivity index (χ1v) is 7.78. The Morgan fingerprint density at radius 3 is 2.65 bits per heavy atom. The summed E-state index contributed by atoms with van der Waals surface area (Å²) in [5, 5.41) is 3.06. The zero-order chi connectivity index (χ0) is 14.5. The summed E-state index contributed by atoms with van der Waals surface area (Å²) in [6, 6.07) is 6.35. The summed E-state index contributed by atoms with van der Waals surface area (Å²) in [6.45, 7) is 8.48. The van der Waals surface area contributed by atoms with E-state index < -0.39 is 0 Å². The van der Waals surface area contributed by atoms with Gasteiger partial charge in [-0.05, 0) is 49.9 Å². The van der Waals surface area contributed by atoms with E-state index in [1.807, 2.05) is 13.0 Å². The van der Waals surface area contributed by atoms with Crippen LogP contribution in [0, 0.1) is 12.8 Å². The molecule has 0 spiro atoms. The SMILES string of the molecule is CCCC(C)C(=O)Nc1ccc(N2CCCC2)cc1C. The first kappa shape index (κ1) is 14.9. The Bertz CT molecular complexity index is 464. The van der Waals surface area contributed by atoms with Gasteiger partial charge in [0.25, 0.3) is 0 Å². The Labute approximate surface area is 122 Å². The summed E-state index contributed by atoms with van der Waals surface area (Å²) < 4.78 is 0. The van der Waals surface area contributed by atoms with Gasteiger partial charge in [0.15, 0.2) is 0 Å². The van der Waals surface area contributed by atoms with Crippen molar-refractivity contribution in [2.45, 2.75) is 46.5 Å². The number of hydrogen-bond acceptors (Lipinski definition) is 2. The lowest BCUT2D eigenvalue weighted by molar-refractivity contribution is -0.119. The summed E-state index contributed by atoms with van der Waals surface area (Å²) in [5.41, 5.74) is 3.37. The first-order chi connectivity index (χ1) is 9.61. The normalized spacial score (nSPS) is 16.2. The molecule has 3 nitrogen and oxygen atoms in total. The van der Waals surface area contributed by atoms with Crippen LogP contribution in [0.25, 0.3) is 0 Å². The zero-order valence-corrected chi connectivity index (χ0v) is 12.9. The maximum absolute atomic E-state index is 12.1. The fraction of sp³-hybridized carbons (Fsp3) is 0.588. The Morgan fingerprint density at radius 2 is 2.05 bits per heavy atom. The summed E-state index contributed by atoms with van der Waals surface area (Å²) in [4.78, 5) is 14.5. The molecule has 1 aromatic rings. The van der Waals surface area contributed by atoms with Crippen LogP contribution in [-0.2, 0) is 4.79 Å². The highest BCUT2D eigenvalue weighted by molar-refractivity contribution is 5.93. The van der Waals surface area contributed by atoms with Crippen molar-refractivity contribution in [3.05, 3.63) is 23.8 Å². The van der Waals surface area contributed by atoms with Crippen molar-refractivity contribution in [3.8, 4) is 0 Å². The van der Waals surface area contributed by atoms with E-state index in [4.69, 9.17) is 0 Å². The smallest absolute Gasteiger partial charge is 0.227 e. The highest BCUT2D eigenvalue weighted by Crippen LogP contribution is 2.26. The van der Waals surface area contributed by atoms with Gasteiger partial charge in [0.1, 0.15) is 0 Å². The number of amides is 1. The van der Waals surface area contributed by atoms with Crippen LogP contribution in [0.2, 0.25) is 0 Å². The molecule has 2 rings (SSSR count). The van der Waals surface area contributed by atoms with Crippen molar-refractivity contribution < 1.29 is 4.79 Å². The highest BCUT2D eigenvalue weighted by Gasteiger charge is 2.15. The van der Waals surface area contributed by atoms with Gasteiger partial charge in [0.05, 0.1) is 0 Å². The maximum Gasteiger partial charge on any atom is 0.227 e. The molecule has 1 heterocycles. The zero-order valence-electron chi connectivity index (χ0n) is 12.9. The Balaban J connectivity index is 2.04. The van der Waals surface area contributed by atoms with Crippen molar-refractivity contribution in [2.24, 2.45) is 5.92 Å². The average molecular weight is 274 g/mol. The minimum atomic E-state index is 0.0812. The van der Waals surface area contributed by atoms with Crippen LogP contribution in [0.4, 0.5) is 11.4 Å². The number of rotatable bonds is 5. The summed E-state index contributed by atoms with van der Waals surface area (Å²) in [7, 11) is 0. The van der Waals surface area contributed by atoms with Crippen LogP contribution in [-0.4, -0.2) is 19.0 Å². The van der Waals surface area contributed by atoms with Gasteiger partial charge in [-0.2, -0.15) is 0 Å². The molecule has 1 fully saturated rings. The molecule has 3 heteroatoms. The summed E-state index contributed by atoms with van der Waals surface area (Å²) in [5.74, 6) is 0.210. The van der Waals surface area contributed by atoms with Crippen LogP contribution in [0.1, 0.15) is 45.1 Å². The molecule has 0 saturated carbocycles. The largest absolute Gasteiger partial charge is 0.372 e. The third-order valence-electron chi connectivity index (χ3n) is 4.11. The van der Waals surface area contributed by atoms with E-state index in [-0.39, 0.29) is 11.8 Å². The Kier molecular flexibility index (Phi) is 5.05. The van der Waals surface area contributed by atoms with E-state index >= 15 is 0 Å². The van der Waals surface area contributed by atoms with Gasteiger partial charge in [-0.15, -0.1) is 0 Å². The monoisotopic (exact) mass is 274 g/mol. The van der Waals surface area contributed by atoms with Gasteiger partial charge in [0, 0.05) is 30.4 Å². The molecular formula is C17H26N2O. The van der Waals surface area contributed by atoms with Crippen LogP contribution < -0.4 is 10.2 Å². The van der Waals surface area contributed by atoms with Crippen molar-refractivity contribution in [1.29, 1.82) is 0 Å². The van der Waals surface area contributed by atoms with Crippen LogP contribution in [0.15, 0.2) is 18.2 Å². The quantitative estimate of drug-likeness (QED) is 0.881. The van der Waals surface area contributed by atoms with E-state index in [0.717, 1.165) is 37.2 Å². The van der Waals surface area contributed by atoms with Gasteiger partial charge in [0.2, 0.25) is 5.91 Å². The molecule has 0 aromatic heterocycles. The molecule has 110 valence electrons. The second-order valence-corrected chi connectivity index (χ2v) is 5.87. The summed E-state index contributed by atoms with van der Waals surface area (Å²) >= 11 is 0. The third-order valence-corrected chi connectivity index (χ3v) is 4.11. The molecule has 1 saturated heterocycles. The van der Waals surface area contributed by atoms with Gasteiger partial charge in [-0.1, -0.05) is 20.3 Å². The van der Waals surface area contributed by atoms with Crippen molar-refractivity contribution in [1.82, 2.24) is 0 Å². The minimum Gasteiger partial charge on any atom is -0.372 e. The molecule has 1 atom stereocenters. The van der Waals surface area contributed by atoms with E-state index in [2.05, 4.69) is 36.2 Å². The maximum atomic E-state index is 12.1. The topological polar surface area (TPSA) is 32.3 Å². The predicted octanol–water partition coefficient (Wildman–Crippen LogP) is 3.97. The van der Waals surface area contributed by atoms with Gasteiger partial charge in [-0.25, -0.2) is 0 Å². The fourth-order valence-corrected chi connectivity index (χ4v) is 2.78. The van der Waals surface area contributed by atoms with E-state index in [1.54, 1.807) is 0 Å². The van der Waals surface area contributed by atoms with Crippen LogP contribution in [0.5, 0.6) is 0 Å². The third kappa shape index (κ3) is 3.53. The van der Waals surface area contributed by atoms with Gasteiger partial charge in [-0.3, -0.25) is 4.79 Å². The number of hydrogen-bond donors (Lipinski definition) is 1. The lowest BCUT2D eigenvalue weighted by Gasteiger charge is -2.20. The molecule has 1 aliphatic heterocycles. The highest BCUT2D eigenvalue weighted by atomic mass is 16.1. The number of nitrogens with one attached hydrogen (secondary N) is 1. The number of benzene rings is 1. The van der Waals surface area contributed by atoms with Crippen molar-refractivity contribution >= 4 is 17.3 Å². The molecule has 1 N–H and O–H groups in total. The number of carbonyl (C=O) groups excluding carboxylic acids is 1. The Morgan fingerprint density at radius 1 is 1.35 bits per heavy atom. The molecule has 0 aliphatic carbocycles. The predicted molar refractivity (Wildman–Crippen MR) is 85.3 cm³/mol. The Hall–Kier alpha value is -1.51. The van der Waals surface area contributed by atoms with Crippen molar-refractivity contribution in [2.75, 3.05) is 23.3 Å². The summed E-state index contributed by atoms with van der Waals surface area (Å²) in [6.07, 6.45) is 4.55. The van der Waals surface area contributed by atoms with Crippen molar-refractivity contribution in [3.63, 3.8) is 0 Å². The lowest BCUT2D eigenvalue weighted by atomic mass is 10.0. The van der Waals surface area contributed by atoms with E-state index in [9.17, 15) is 4.79 Å². The second kappa shape index (κ2) is 6.78. The van der Waals surface area contributed by atoms with Crippen LogP contribution in [0.3, 0.4) is 0 Å². The average Bonchev–Trinajstić information content (AvgIpc) is 2.95. The van der Waals surface area contributed by atoms with Gasteiger partial charge >= 0.3 is 0 Å². The molecule has 1 aromatic carbocycles. The number of anilines is 2. The molecule has 0 bridgehead atoms. The van der Waals surface area contributed by atoms with Gasteiger partial charge < -0.3 is 10.2 Å². The molecule has 20 heavy (non-hydrogen) atoms. The molecule has 1 aliphatic rings. The molecular weight excluding hydrogens is 248 g/mol. The second-order valence-electron chi connectivity index (χ2n) is 5.87. The molecule has 1 unspecified atom stereocenters. The van der Waals surface area contributed by atoms with E-state index in [1.165, 1.54) is 18.5 Å². The molecule has 1 amide bonds. The number of aryl methyl sites for hydroxylation is 1. The number of carbonyl (C=O) groups is 1. The van der Waals surface area contributed by atoms with Crippen LogP contribution >= 0.6 is 0 Å². The molecule has 0 radical (unpaired) electrons. The first-order valence-electron chi connectivity index (χ1n) is 7.78. The fourth-order valence-electron chi connectivity index (χ4n) is 2.78. The minimum absolute atomic E-state index is 0.0812. The standard InChI is InChI=1S/C17H26N2O/c1-4-7-13(2)17(20)18-16-9-8-15(12-14(16)3)19-10-5-6-11-19/h8-9,12-13H,4-7,10-11H2,1-3H3,(H,18,20). The van der Waals surface area contributed by atoms with E-state index in [0.29, 0.717) is 0 Å². The lowest BCUT2D eigenvalue weighted by Crippen LogP contribution is -2.21.